The minimum Gasteiger partial charge on any atom is -0.234 e. The Kier molecular flexibility index (Phi) is 4.42. The van der Waals surface area contributed by atoms with Gasteiger partial charge in [0.15, 0.2) is 0 Å². The maximum Gasteiger partial charge on any atom is 0.242 e. The largest absolute Gasteiger partial charge is 0.242 e. The fraction of sp³-hybridized carbons (Fsp3) is 0.214. The average Bonchev–Trinajstić information content (AvgIpc) is 2.39. The van der Waals surface area contributed by atoms with Crippen LogP contribution in [-0.2, 0) is 10.0 Å². The van der Waals surface area contributed by atoms with E-state index in [0.29, 0.717) is 23.6 Å². The van der Waals surface area contributed by atoms with Crippen molar-refractivity contribution in [1.82, 2.24) is 9.71 Å². The van der Waals surface area contributed by atoms with Gasteiger partial charge in [0, 0.05) is 11.9 Å². The third kappa shape index (κ3) is 3.00. The lowest BCUT2D eigenvalue weighted by atomic mass is 10.2. The number of aromatic nitrogens is 1. The third-order valence-corrected chi connectivity index (χ3v) is 4.74. The van der Waals surface area contributed by atoms with E-state index in [9.17, 15) is 8.42 Å². The molecule has 0 saturated carbocycles. The second-order valence-electron chi connectivity index (χ2n) is 4.40. The smallest absolute Gasteiger partial charge is 0.234 e. The molecular formula is C14H15ClN2O2S. The number of hydrogen-bond donors (Lipinski definition) is 1. The average molecular weight is 311 g/mol. The first-order valence-electron chi connectivity index (χ1n) is 6.12. The number of pyridine rings is 1. The van der Waals surface area contributed by atoms with Crippen LogP contribution in [-0.4, -0.2) is 19.9 Å². The zero-order valence-electron chi connectivity index (χ0n) is 11.1. The van der Waals surface area contributed by atoms with Gasteiger partial charge in [0.2, 0.25) is 10.0 Å². The van der Waals surface area contributed by atoms with E-state index in [2.05, 4.69) is 16.3 Å². The molecule has 0 aliphatic heterocycles. The molecular weight excluding hydrogens is 296 g/mol. The molecule has 0 aliphatic carbocycles. The van der Waals surface area contributed by atoms with Gasteiger partial charge in [-0.15, -0.1) is 6.58 Å². The highest BCUT2D eigenvalue weighted by Crippen LogP contribution is 2.25. The van der Waals surface area contributed by atoms with Crippen molar-refractivity contribution < 1.29 is 8.42 Å². The van der Waals surface area contributed by atoms with Crippen LogP contribution in [0.25, 0.3) is 10.9 Å². The summed E-state index contributed by atoms with van der Waals surface area (Å²) in [5.41, 5.74) is 1.20. The van der Waals surface area contributed by atoms with Gasteiger partial charge in [-0.2, -0.15) is 0 Å². The van der Waals surface area contributed by atoms with Crippen LogP contribution < -0.4 is 4.72 Å². The number of aryl methyl sites for hydroxylation is 1. The molecule has 0 amide bonds. The lowest BCUT2D eigenvalue weighted by Crippen LogP contribution is -2.24. The van der Waals surface area contributed by atoms with Gasteiger partial charge in [0.1, 0.15) is 10.0 Å². The summed E-state index contributed by atoms with van der Waals surface area (Å²) in [7, 11) is -3.61. The number of sulfonamides is 1. The Labute approximate surface area is 123 Å². The van der Waals surface area contributed by atoms with Crippen molar-refractivity contribution in [3.05, 3.63) is 47.6 Å². The van der Waals surface area contributed by atoms with Crippen LogP contribution in [0.2, 0.25) is 5.15 Å². The molecule has 0 bridgehead atoms. The Morgan fingerprint density at radius 2 is 2.20 bits per heavy atom. The molecule has 20 heavy (non-hydrogen) atoms. The molecule has 0 saturated heterocycles. The van der Waals surface area contributed by atoms with Gasteiger partial charge < -0.3 is 0 Å². The minimum atomic E-state index is -3.61. The molecule has 1 heterocycles. The molecule has 4 nitrogen and oxygen atoms in total. The summed E-state index contributed by atoms with van der Waals surface area (Å²) in [5.74, 6) is 0. The monoisotopic (exact) mass is 310 g/mol. The minimum absolute atomic E-state index is 0.140. The van der Waals surface area contributed by atoms with Crippen molar-refractivity contribution in [1.29, 1.82) is 0 Å². The Morgan fingerprint density at radius 1 is 1.45 bits per heavy atom. The number of halogens is 1. The molecule has 1 aromatic heterocycles. The highest BCUT2D eigenvalue weighted by atomic mass is 35.5. The van der Waals surface area contributed by atoms with Gasteiger partial charge in [-0.05, 0) is 31.0 Å². The van der Waals surface area contributed by atoms with Gasteiger partial charge in [0.25, 0.3) is 0 Å². The van der Waals surface area contributed by atoms with Crippen molar-refractivity contribution in [2.75, 3.05) is 6.54 Å². The molecule has 0 radical (unpaired) electrons. The van der Waals surface area contributed by atoms with Crippen molar-refractivity contribution in [2.45, 2.75) is 18.2 Å². The summed E-state index contributed by atoms with van der Waals surface area (Å²) in [4.78, 5) is 4.34. The van der Waals surface area contributed by atoms with E-state index < -0.39 is 10.0 Å². The van der Waals surface area contributed by atoms with Gasteiger partial charge in [-0.3, -0.25) is 0 Å². The fourth-order valence-corrected chi connectivity index (χ4v) is 3.20. The number of para-hydroxylation sites is 1. The normalized spacial score (nSPS) is 11.7. The van der Waals surface area contributed by atoms with Crippen molar-refractivity contribution in [3.63, 3.8) is 0 Å². The van der Waals surface area contributed by atoms with Crippen molar-refractivity contribution in [3.8, 4) is 0 Å². The molecule has 0 aliphatic rings. The molecule has 1 N–H and O–H groups in total. The predicted molar refractivity (Wildman–Crippen MR) is 81.5 cm³/mol. The zero-order valence-corrected chi connectivity index (χ0v) is 12.6. The first-order valence-corrected chi connectivity index (χ1v) is 7.98. The number of nitrogens with zero attached hydrogens (tertiary/aromatic N) is 1. The maximum atomic E-state index is 12.3. The van der Waals surface area contributed by atoms with Gasteiger partial charge in [-0.25, -0.2) is 18.1 Å². The molecule has 106 valence electrons. The molecule has 0 fully saturated rings. The summed E-state index contributed by atoms with van der Waals surface area (Å²) in [5, 5.41) is 1.06. The summed E-state index contributed by atoms with van der Waals surface area (Å²) in [6.07, 6.45) is 2.22. The highest BCUT2D eigenvalue weighted by molar-refractivity contribution is 7.89. The number of rotatable bonds is 5. The molecule has 0 spiro atoms. The van der Waals surface area contributed by atoms with Crippen molar-refractivity contribution in [2.24, 2.45) is 0 Å². The highest BCUT2D eigenvalue weighted by Gasteiger charge is 2.18. The fourth-order valence-electron chi connectivity index (χ4n) is 1.84. The lowest BCUT2D eigenvalue weighted by molar-refractivity contribution is 0.583. The van der Waals surface area contributed by atoms with E-state index in [4.69, 9.17) is 11.6 Å². The molecule has 0 unspecified atom stereocenters. The Morgan fingerprint density at radius 3 is 2.90 bits per heavy atom. The Balaban J connectivity index is 2.54. The standard InChI is InChI=1S/C14H15ClN2O2S/c1-3-4-8-16-20(18,19)12-7-5-6-11-9-10(2)14(15)17-13(11)12/h3,5-7,9,16H,1,4,8H2,2H3. The maximum absolute atomic E-state index is 12.3. The van der Waals surface area contributed by atoms with Gasteiger partial charge >= 0.3 is 0 Å². The topological polar surface area (TPSA) is 59.1 Å². The number of fused-ring (bicyclic) bond motifs is 1. The number of nitrogens with one attached hydrogen (secondary N) is 1. The molecule has 2 aromatic rings. The molecule has 1 aromatic carbocycles. The SMILES string of the molecule is C=CCCNS(=O)(=O)c1cccc2cc(C)c(Cl)nc12. The lowest BCUT2D eigenvalue weighted by Gasteiger charge is -2.09. The quantitative estimate of drug-likeness (QED) is 0.524. The van der Waals surface area contributed by atoms with Gasteiger partial charge in [0.05, 0.1) is 5.52 Å². The van der Waals surface area contributed by atoms with Crippen LogP contribution >= 0.6 is 11.6 Å². The van der Waals surface area contributed by atoms with Crippen LogP contribution in [0, 0.1) is 6.92 Å². The summed E-state index contributed by atoms with van der Waals surface area (Å²) >= 11 is 6.00. The molecule has 2 rings (SSSR count). The predicted octanol–water partition coefficient (Wildman–Crippen LogP) is 3.05. The Hall–Kier alpha value is -1.43. The van der Waals surface area contributed by atoms with E-state index in [1.165, 1.54) is 6.07 Å². The van der Waals surface area contributed by atoms with Crippen LogP contribution in [0.3, 0.4) is 0 Å². The zero-order chi connectivity index (χ0) is 14.8. The van der Waals surface area contributed by atoms with Crippen molar-refractivity contribution >= 4 is 32.5 Å². The summed E-state index contributed by atoms with van der Waals surface area (Å²) < 4.78 is 27.1. The first-order chi connectivity index (χ1) is 9.45. The van der Waals surface area contributed by atoms with E-state index in [-0.39, 0.29) is 4.90 Å². The summed E-state index contributed by atoms with van der Waals surface area (Å²) in [6.45, 7) is 5.70. The van der Waals surface area contributed by atoms with E-state index in [1.807, 2.05) is 19.1 Å². The second-order valence-corrected chi connectivity index (χ2v) is 6.49. The van der Waals surface area contributed by atoms with E-state index in [1.54, 1.807) is 12.1 Å². The van der Waals surface area contributed by atoms with Gasteiger partial charge in [-0.1, -0.05) is 29.8 Å². The van der Waals surface area contributed by atoms with Crippen LogP contribution in [0.15, 0.2) is 41.8 Å². The van der Waals surface area contributed by atoms with Crippen LogP contribution in [0.5, 0.6) is 0 Å². The first kappa shape index (κ1) is 15.0. The number of benzene rings is 1. The van der Waals surface area contributed by atoms with Crippen LogP contribution in [0.1, 0.15) is 12.0 Å². The Bertz CT molecular complexity index is 757. The molecule has 0 atom stereocenters. The van der Waals surface area contributed by atoms with E-state index >= 15 is 0 Å². The molecule has 6 heteroatoms. The second kappa shape index (κ2) is 5.91. The van der Waals surface area contributed by atoms with E-state index in [0.717, 1.165) is 10.9 Å². The third-order valence-electron chi connectivity index (χ3n) is 2.87. The number of hydrogen-bond acceptors (Lipinski definition) is 3. The van der Waals surface area contributed by atoms with Crippen LogP contribution in [0.4, 0.5) is 0 Å². The summed E-state index contributed by atoms with van der Waals surface area (Å²) in [6, 6.07) is 6.86.